The lowest BCUT2D eigenvalue weighted by Crippen LogP contribution is -2.45. The van der Waals surface area contributed by atoms with Crippen molar-refractivity contribution in [3.05, 3.63) is 41.4 Å². The topological polar surface area (TPSA) is 89.0 Å². The first kappa shape index (κ1) is 22.0. The third-order valence-electron chi connectivity index (χ3n) is 4.73. The molecule has 7 heteroatoms. The van der Waals surface area contributed by atoms with Crippen molar-refractivity contribution in [1.82, 2.24) is 0 Å². The van der Waals surface area contributed by atoms with Gasteiger partial charge in [0, 0.05) is 6.42 Å². The lowest BCUT2D eigenvalue weighted by atomic mass is 10.0. The van der Waals surface area contributed by atoms with Gasteiger partial charge in [0.2, 0.25) is 0 Å². The first-order chi connectivity index (χ1) is 12.0. The molecule has 0 saturated heterocycles. The summed E-state index contributed by atoms with van der Waals surface area (Å²) in [5, 5.41) is -0.0266. The largest absolute Gasteiger partial charge is 0.460 e. The first-order valence-corrected chi connectivity index (χ1v) is 11.5. The van der Waals surface area contributed by atoms with E-state index < -0.39 is 31.9 Å². The van der Waals surface area contributed by atoms with Crippen LogP contribution < -0.4 is 0 Å². The van der Waals surface area contributed by atoms with Crippen LogP contribution in [0.4, 0.5) is 0 Å². The first-order valence-electron chi connectivity index (χ1n) is 8.57. The second kappa shape index (κ2) is 9.03. The Balaban J connectivity index is 3.06. The van der Waals surface area contributed by atoms with Crippen LogP contribution in [-0.4, -0.2) is 43.8 Å². The summed E-state index contributed by atoms with van der Waals surface area (Å²) in [7, 11) is -1.01. The summed E-state index contributed by atoms with van der Waals surface area (Å²) in [5.41, 5.74) is 9.42. The van der Waals surface area contributed by atoms with Crippen LogP contribution in [0.2, 0.25) is 18.1 Å². The molecule has 142 valence electrons. The van der Waals surface area contributed by atoms with E-state index in [1.165, 1.54) is 0 Å². The van der Waals surface area contributed by atoms with E-state index in [0.717, 1.165) is 12.7 Å². The number of nitrogens with zero attached hydrogens (tertiary/aromatic N) is 2. The molecule has 0 heterocycles. The van der Waals surface area contributed by atoms with Crippen LogP contribution >= 0.6 is 0 Å². The number of Topliss-reactive ketones (excluding diaryl/α,β-unsaturated/α-hetero) is 1. The predicted molar refractivity (Wildman–Crippen MR) is 102 cm³/mol. The van der Waals surface area contributed by atoms with E-state index in [4.69, 9.17) is 9.96 Å². The van der Waals surface area contributed by atoms with Gasteiger partial charge in [0.25, 0.3) is 5.78 Å². The summed E-state index contributed by atoms with van der Waals surface area (Å²) >= 11 is 0. The molecule has 0 aromatic heterocycles. The smallest absolute Gasteiger partial charge is 0.441 e. The number of carbonyl (C=O) groups is 2. The van der Waals surface area contributed by atoms with Crippen molar-refractivity contribution < 1.29 is 23.5 Å². The van der Waals surface area contributed by atoms with Crippen molar-refractivity contribution in [2.24, 2.45) is 0 Å². The molecule has 0 aliphatic rings. The molecule has 6 nitrogen and oxygen atoms in total. The van der Waals surface area contributed by atoms with Crippen molar-refractivity contribution >= 4 is 25.8 Å². The standard InChI is InChI=1S/C19H28N2O4Si/c1-19(2,3)26(5,6)25-15(12-14-10-8-7-9-11-14)13-16(22)17(21-20)18(23)24-4/h7-11,15H,12-13H2,1-6H3/t15-/m1/s1. The number of carbonyl (C=O) groups excluding carboxylic acids is 2. The van der Waals surface area contributed by atoms with Crippen molar-refractivity contribution in [2.75, 3.05) is 7.11 Å². The summed E-state index contributed by atoms with van der Waals surface area (Å²) in [6, 6.07) is 9.71. The third-order valence-corrected chi connectivity index (χ3v) is 9.26. The third kappa shape index (κ3) is 6.02. The highest BCUT2D eigenvalue weighted by Gasteiger charge is 2.41. The van der Waals surface area contributed by atoms with Crippen LogP contribution in [0.15, 0.2) is 30.3 Å². The summed E-state index contributed by atoms with van der Waals surface area (Å²) in [5.74, 6) is -1.55. The van der Waals surface area contributed by atoms with Gasteiger partial charge in [-0.1, -0.05) is 51.1 Å². The monoisotopic (exact) mass is 376 g/mol. The quantitative estimate of drug-likeness (QED) is 0.174. The van der Waals surface area contributed by atoms with Gasteiger partial charge in [0.1, 0.15) is 0 Å². The Bertz CT molecular complexity index is 689. The minimum Gasteiger partial charge on any atom is -0.460 e. The van der Waals surface area contributed by atoms with Gasteiger partial charge in [-0.05, 0) is 30.1 Å². The predicted octanol–water partition coefficient (Wildman–Crippen LogP) is 3.42. The average molecular weight is 377 g/mol. The molecule has 26 heavy (non-hydrogen) atoms. The molecule has 0 bridgehead atoms. The van der Waals surface area contributed by atoms with Crippen LogP contribution in [0.25, 0.3) is 5.53 Å². The molecular weight excluding hydrogens is 348 g/mol. The number of methoxy groups -OCH3 is 1. The Morgan fingerprint density at radius 2 is 1.77 bits per heavy atom. The normalized spacial score (nSPS) is 12.8. The van der Waals surface area contributed by atoms with Crippen LogP contribution in [-0.2, 0) is 25.2 Å². The zero-order chi connectivity index (χ0) is 20.0. The van der Waals surface area contributed by atoms with Crippen molar-refractivity contribution in [2.45, 2.75) is 57.8 Å². The van der Waals surface area contributed by atoms with Crippen molar-refractivity contribution in [3.8, 4) is 0 Å². The number of ether oxygens (including phenoxy) is 1. The molecule has 0 fully saturated rings. The van der Waals surface area contributed by atoms with E-state index in [1.807, 2.05) is 30.3 Å². The van der Waals surface area contributed by atoms with E-state index in [9.17, 15) is 9.59 Å². The van der Waals surface area contributed by atoms with Crippen LogP contribution in [0.1, 0.15) is 32.8 Å². The Morgan fingerprint density at radius 3 is 2.23 bits per heavy atom. The van der Waals surface area contributed by atoms with Crippen molar-refractivity contribution in [3.63, 3.8) is 0 Å². The van der Waals surface area contributed by atoms with Gasteiger partial charge in [-0.25, -0.2) is 4.79 Å². The zero-order valence-corrected chi connectivity index (χ0v) is 17.4. The molecule has 0 unspecified atom stereocenters. The second-order valence-electron chi connectivity index (χ2n) is 7.76. The molecule has 0 radical (unpaired) electrons. The van der Waals surface area contributed by atoms with Crippen LogP contribution in [0.5, 0.6) is 0 Å². The van der Waals surface area contributed by atoms with Gasteiger partial charge in [-0.2, -0.15) is 4.79 Å². The molecule has 1 rings (SSSR count). The molecule has 1 aromatic carbocycles. The van der Waals surface area contributed by atoms with Crippen molar-refractivity contribution in [1.29, 1.82) is 0 Å². The maximum Gasteiger partial charge on any atom is 0.441 e. The molecule has 1 aromatic rings. The zero-order valence-electron chi connectivity index (χ0n) is 16.4. The fourth-order valence-electron chi connectivity index (χ4n) is 2.24. The Morgan fingerprint density at radius 1 is 1.19 bits per heavy atom. The van der Waals surface area contributed by atoms with Gasteiger partial charge >= 0.3 is 11.7 Å². The highest BCUT2D eigenvalue weighted by molar-refractivity contribution is 6.74. The van der Waals surface area contributed by atoms with E-state index in [1.54, 1.807) is 0 Å². The molecule has 0 saturated carbocycles. The summed E-state index contributed by atoms with van der Waals surface area (Å²) in [6.07, 6.45) is 0.0432. The molecule has 0 N–H and O–H groups in total. The Kier molecular flexibility index (Phi) is 7.63. The summed E-state index contributed by atoms with van der Waals surface area (Å²) in [4.78, 5) is 26.9. The van der Waals surface area contributed by atoms with Gasteiger partial charge in [-0.15, -0.1) is 0 Å². The summed E-state index contributed by atoms with van der Waals surface area (Å²) < 4.78 is 10.9. The lowest BCUT2D eigenvalue weighted by Gasteiger charge is -2.39. The number of ketones is 1. The molecule has 0 aliphatic carbocycles. The average Bonchev–Trinajstić information content (AvgIpc) is 2.54. The maximum atomic E-state index is 12.5. The number of hydrogen-bond donors (Lipinski definition) is 0. The number of benzene rings is 1. The summed E-state index contributed by atoms with van der Waals surface area (Å²) in [6.45, 7) is 10.6. The molecule has 1 atom stereocenters. The maximum absolute atomic E-state index is 12.5. The molecular formula is C19H28N2O4Si. The van der Waals surface area contributed by atoms with Crippen LogP contribution in [0, 0.1) is 0 Å². The Hall–Kier alpha value is -2.08. The van der Waals surface area contributed by atoms with Gasteiger partial charge in [-0.3, -0.25) is 4.79 Å². The molecule has 0 spiro atoms. The highest BCUT2D eigenvalue weighted by atomic mass is 28.4. The fourth-order valence-corrected chi connectivity index (χ4v) is 3.59. The van der Waals surface area contributed by atoms with E-state index in [2.05, 4.69) is 43.4 Å². The minimum atomic E-state index is -2.14. The van der Waals surface area contributed by atoms with E-state index >= 15 is 0 Å². The number of esters is 1. The van der Waals surface area contributed by atoms with Gasteiger partial charge in [0.15, 0.2) is 8.32 Å². The Labute approximate surface area is 156 Å². The number of hydrogen-bond acceptors (Lipinski definition) is 4. The fraction of sp³-hybridized carbons (Fsp3) is 0.526. The van der Waals surface area contributed by atoms with Crippen LogP contribution in [0.3, 0.4) is 0 Å². The molecule has 0 aliphatic heterocycles. The van der Waals surface area contributed by atoms with Gasteiger partial charge in [0.05, 0.1) is 13.2 Å². The van der Waals surface area contributed by atoms with E-state index in [-0.39, 0.29) is 11.5 Å². The molecule has 0 amide bonds. The second-order valence-corrected chi connectivity index (χ2v) is 12.5. The van der Waals surface area contributed by atoms with Gasteiger partial charge < -0.3 is 14.7 Å². The minimum absolute atomic E-state index is 0.0266. The lowest BCUT2D eigenvalue weighted by molar-refractivity contribution is -0.139. The highest BCUT2D eigenvalue weighted by Crippen LogP contribution is 2.38. The SMILES string of the molecule is COC(=O)C(=[N+]=[N-])C(=O)C[C@@H](Cc1ccccc1)O[Si](C)(C)C(C)(C)C. The number of rotatable bonds is 8. The van der Waals surface area contributed by atoms with E-state index in [0.29, 0.717) is 6.42 Å².